The van der Waals surface area contributed by atoms with Crippen LogP contribution in [0.2, 0.25) is 0 Å². The smallest absolute Gasteiger partial charge is 0.187 e. The number of rotatable bonds is 12. The number of allylic oxidation sites excluding steroid dienone is 2. The molecule has 7 aliphatic rings. The lowest BCUT2D eigenvalue weighted by atomic mass is 9.34. The number of hydrogen-bond donors (Lipinski definition) is 12. The van der Waals surface area contributed by atoms with Gasteiger partial charge in [0, 0.05) is 0 Å². The first-order valence-corrected chi connectivity index (χ1v) is 24.3. The second-order valence-electron chi connectivity index (χ2n) is 23.0. The summed E-state index contributed by atoms with van der Waals surface area (Å²) in [5.74, 6) is -1.12. The molecule has 382 valence electrons. The van der Waals surface area contributed by atoms with Gasteiger partial charge in [0.2, 0.25) is 0 Å². The zero-order chi connectivity index (χ0) is 48.8. The SMILES string of the molecule is CC(C)=CCC[C@](C)(O[C@@H]1O[C@H](CO)[C@@H](O)[C@H](O)[C@H]1O)[C@H]1CC[C@@]2(C)[C@@H]1[C@@H](O)C[C@H]1[C@@]3(C)CC[C@@H](O)C(C)(C)[C@H]3[C@@H](O[C@H]3O[C@@H](CO)[C@@H](O)[C@H](O)[C@H]3O[C@H]3O[C@@H](C)[C@@H](O)[C@H](O)[C@H]3O)C[C@]12C. The van der Waals surface area contributed by atoms with E-state index in [0.29, 0.717) is 51.4 Å². The standard InChI is InChI=1S/C48H82O18/c1-21(2)11-10-14-48(9,66-42-38(60)35(57)32(54)26(19-49)63-42)23-12-16-46(7)30(23)24(51)17-28-45(6)15-13-29(52)44(4,5)40(45)25(18-47(28,46)8)62-43-39(36(58)33(55)27(20-50)64-43)65-41-37(59)34(56)31(53)22(3)61-41/h11,22-43,49-60H,10,12-20H2,1-9H3/t22-,23-,24-,25-,26+,27-,28-,29+,30-,31+,32+,33+,34-,35-,36-,37+,38+,39+,40+,41+,42-,43-,45+,46-,47+,48-/m0/s1. The molecule has 4 aliphatic carbocycles. The van der Waals surface area contributed by atoms with Crippen molar-refractivity contribution < 1.29 is 89.7 Å². The molecule has 26 atom stereocenters. The molecule has 3 heterocycles. The van der Waals surface area contributed by atoms with Crippen LogP contribution in [0.3, 0.4) is 0 Å². The van der Waals surface area contributed by atoms with E-state index in [9.17, 15) is 61.3 Å². The van der Waals surface area contributed by atoms with Crippen molar-refractivity contribution in [3.05, 3.63) is 11.6 Å². The van der Waals surface area contributed by atoms with E-state index in [0.717, 1.165) is 5.57 Å². The highest BCUT2D eigenvalue weighted by molar-refractivity contribution is 5.22. The molecule has 18 heteroatoms. The summed E-state index contributed by atoms with van der Waals surface area (Å²) in [5, 5.41) is 132. The normalized spacial score (nSPS) is 53.5. The quantitative estimate of drug-likeness (QED) is 0.0904. The number of fused-ring (bicyclic) bond motifs is 5. The first kappa shape index (κ1) is 52.8. The summed E-state index contributed by atoms with van der Waals surface area (Å²) < 4.78 is 38.1. The third-order valence-electron chi connectivity index (χ3n) is 18.7. The lowest BCUT2D eigenvalue weighted by molar-refractivity contribution is -0.382. The fourth-order valence-corrected chi connectivity index (χ4v) is 14.9. The molecule has 12 N–H and O–H groups in total. The van der Waals surface area contributed by atoms with Gasteiger partial charge in [-0.05, 0) is 124 Å². The van der Waals surface area contributed by atoms with Gasteiger partial charge in [-0.25, -0.2) is 0 Å². The van der Waals surface area contributed by atoms with Crippen molar-refractivity contribution in [2.24, 2.45) is 45.3 Å². The third kappa shape index (κ3) is 8.69. The van der Waals surface area contributed by atoms with Crippen LogP contribution in [0.15, 0.2) is 11.6 Å². The van der Waals surface area contributed by atoms with E-state index < -0.39 is 151 Å². The van der Waals surface area contributed by atoms with Gasteiger partial charge in [-0.15, -0.1) is 0 Å². The van der Waals surface area contributed by atoms with Crippen molar-refractivity contribution in [3.8, 4) is 0 Å². The van der Waals surface area contributed by atoms with E-state index in [4.69, 9.17) is 28.4 Å². The fourth-order valence-electron chi connectivity index (χ4n) is 14.9. The largest absolute Gasteiger partial charge is 0.394 e. The average molecular weight is 947 g/mol. The van der Waals surface area contributed by atoms with Gasteiger partial charge >= 0.3 is 0 Å². The van der Waals surface area contributed by atoms with E-state index >= 15 is 0 Å². The Morgan fingerprint density at radius 2 is 1.27 bits per heavy atom. The summed E-state index contributed by atoms with van der Waals surface area (Å²) in [6, 6.07) is 0. The van der Waals surface area contributed by atoms with Crippen molar-refractivity contribution in [2.75, 3.05) is 13.2 Å². The van der Waals surface area contributed by atoms with Crippen LogP contribution >= 0.6 is 0 Å². The second kappa shape index (κ2) is 19.2. The van der Waals surface area contributed by atoms with Crippen molar-refractivity contribution in [1.29, 1.82) is 0 Å². The van der Waals surface area contributed by atoms with E-state index in [2.05, 4.69) is 26.8 Å². The molecule has 0 bridgehead atoms. The molecule has 0 spiro atoms. The Hall–Kier alpha value is -0.980. The Balaban J connectivity index is 1.27. The predicted octanol–water partition coefficient (Wildman–Crippen LogP) is -0.0284. The number of aliphatic hydroxyl groups is 12. The summed E-state index contributed by atoms with van der Waals surface area (Å²) in [6.07, 6.45) is -18.3. The lowest BCUT2D eigenvalue weighted by Gasteiger charge is -2.72. The van der Waals surface area contributed by atoms with Gasteiger partial charge in [0.05, 0.1) is 43.2 Å². The first-order chi connectivity index (χ1) is 30.7. The highest BCUT2D eigenvalue weighted by atomic mass is 16.8. The molecule has 7 rings (SSSR count). The zero-order valence-corrected chi connectivity index (χ0v) is 40.2. The van der Waals surface area contributed by atoms with Crippen LogP contribution in [0.25, 0.3) is 0 Å². The molecule has 0 aromatic heterocycles. The average Bonchev–Trinajstić information content (AvgIpc) is 3.64. The predicted molar refractivity (Wildman–Crippen MR) is 234 cm³/mol. The van der Waals surface area contributed by atoms with Gasteiger partial charge in [-0.2, -0.15) is 0 Å². The molecule has 0 aromatic rings. The third-order valence-corrected chi connectivity index (χ3v) is 18.7. The Labute approximate surface area is 388 Å². The Bertz CT molecular complexity index is 1700. The van der Waals surface area contributed by atoms with E-state index in [1.807, 2.05) is 34.6 Å². The first-order valence-electron chi connectivity index (χ1n) is 24.3. The Morgan fingerprint density at radius 3 is 1.89 bits per heavy atom. The van der Waals surface area contributed by atoms with Gasteiger partial charge in [0.1, 0.15) is 67.1 Å². The van der Waals surface area contributed by atoms with Gasteiger partial charge < -0.3 is 89.7 Å². The zero-order valence-electron chi connectivity index (χ0n) is 40.2. The Kier molecular flexibility index (Phi) is 15.4. The molecule has 0 aromatic carbocycles. The van der Waals surface area contributed by atoms with Crippen LogP contribution in [-0.2, 0) is 28.4 Å². The number of hydrogen-bond acceptors (Lipinski definition) is 18. The molecule has 0 amide bonds. The van der Waals surface area contributed by atoms with Crippen molar-refractivity contribution in [1.82, 2.24) is 0 Å². The van der Waals surface area contributed by atoms with Crippen molar-refractivity contribution >= 4 is 0 Å². The molecule has 7 fully saturated rings. The number of aliphatic hydroxyl groups excluding tert-OH is 12. The van der Waals surface area contributed by atoms with Crippen LogP contribution < -0.4 is 0 Å². The van der Waals surface area contributed by atoms with Gasteiger partial charge in [0.15, 0.2) is 18.9 Å². The molecule has 3 saturated heterocycles. The fraction of sp³-hybridized carbons (Fsp3) is 0.958. The van der Waals surface area contributed by atoms with Crippen LogP contribution in [-0.4, -0.2) is 191 Å². The highest BCUT2D eigenvalue weighted by Crippen LogP contribution is 2.76. The lowest BCUT2D eigenvalue weighted by Crippen LogP contribution is -2.71. The maximum absolute atomic E-state index is 12.7. The minimum absolute atomic E-state index is 0.0861. The molecule has 0 radical (unpaired) electrons. The van der Waals surface area contributed by atoms with Gasteiger partial charge in [0.25, 0.3) is 0 Å². The minimum Gasteiger partial charge on any atom is -0.394 e. The van der Waals surface area contributed by atoms with Crippen molar-refractivity contribution in [2.45, 2.75) is 230 Å². The molecule has 0 unspecified atom stereocenters. The molecule has 3 aliphatic heterocycles. The molecule has 4 saturated carbocycles. The monoisotopic (exact) mass is 947 g/mol. The van der Waals surface area contributed by atoms with E-state index in [1.165, 1.54) is 6.92 Å². The van der Waals surface area contributed by atoms with E-state index in [-0.39, 0.29) is 23.7 Å². The van der Waals surface area contributed by atoms with Gasteiger partial charge in [-0.3, -0.25) is 0 Å². The van der Waals surface area contributed by atoms with E-state index in [1.54, 1.807) is 0 Å². The second-order valence-corrected chi connectivity index (χ2v) is 23.0. The molecular formula is C48H82O18. The summed E-state index contributed by atoms with van der Waals surface area (Å²) in [4.78, 5) is 0. The minimum atomic E-state index is -1.75. The highest BCUT2D eigenvalue weighted by Gasteiger charge is 2.74. The van der Waals surface area contributed by atoms with Crippen LogP contribution in [0.1, 0.15) is 114 Å². The molecule has 18 nitrogen and oxygen atoms in total. The summed E-state index contributed by atoms with van der Waals surface area (Å²) in [6.45, 7) is 16.8. The van der Waals surface area contributed by atoms with Crippen LogP contribution in [0, 0.1) is 45.3 Å². The van der Waals surface area contributed by atoms with Gasteiger partial charge in [-0.1, -0.05) is 46.3 Å². The molecular weight excluding hydrogens is 865 g/mol. The van der Waals surface area contributed by atoms with Crippen LogP contribution in [0.4, 0.5) is 0 Å². The summed E-state index contributed by atoms with van der Waals surface area (Å²) in [5.41, 5.74) is -2.43. The number of ether oxygens (including phenoxy) is 6. The van der Waals surface area contributed by atoms with Crippen molar-refractivity contribution in [3.63, 3.8) is 0 Å². The summed E-state index contributed by atoms with van der Waals surface area (Å²) in [7, 11) is 0. The summed E-state index contributed by atoms with van der Waals surface area (Å²) >= 11 is 0. The maximum atomic E-state index is 12.7. The maximum Gasteiger partial charge on any atom is 0.187 e. The Morgan fingerprint density at radius 1 is 0.682 bits per heavy atom. The van der Waals surface area contributed by atoms with Crippen LogP contribution in [0.5, 0.6) is 0 Å². The topological polar surface area (TPSA) is 298 Å². The molecule has 66 heavy (non-hydrogen) atoms.